The molecule has 2 aromatic rings. The lowest BCUT2D eigenvalue weighted by Crippen LogP contribution is -2.08. The first-order chi connectivity index (χ1) is 11.1. The van der Waals surface area contributed by atoms with Crippen molar-refractivity contribution in [3.63, 3.8) is 0 Å². The molecule has 124 valence electrons. The molecule has 0 heterocycles. The van der Waals surface area contributed by atoms with Crippen molar-refractivity contribution in [2.75, 3.05) is 18.5 Å². The molecule has 0 aliphatic carbocycles. The smallest absolute Gasteiger partial charge is 0.119 e. The van der Waals surface area contributed by atoms with Gasteiger partial charge in [0.2, 0.25) is 0 Å². The lowest BCUT2D eigenvalue weighted by Gasteiger charge is -2.17. The molecule has 4 nitrogen and oxygen atoms in total. The van der Waals surface area contributed by atoms with Crippen LogP contribution in [0.25, 0.3) is 0 Å². The van der Waals surface area contributed by atoms with E-state index < -0.39 is 0 Å². The van der Waals surface area contributed by atoms with E-state index in [-0.39, 0.29) is 18.8 Å². The van der Waals surface area contributed by atoms with Gasteiger partial charge in [-0.05, 0) is 62.7 Å². The highest BCUT2D eigenvalue weighted by molar-refractivity contribution is 5.48. The number of hydrogen-bond donors (Lipinski definition) is 2. The molecule has 1 unspecified atom stereocenters. The maximum absolute atomic E-state index is 8.75. The van der Waals surface area contributed by atoms with E-state index in [1.54, 1.807) is 0 Å². The van der Waals surface area contributed by atoms with E-state index in [2.05, 4.69) is 24.4 Å². The Kier molecular flexibility index (Phi) is 6.29. The SMILES string of the molecule is CC(C)Oc1ccc(C(C)Nc2ccc(OCCO)cc2)cc1. The summed E-state index contributed by atoms with van der Waals surface area (Å²) in [5.41, 5.74) is 2.22. The number of benzene rings is 2. The van der Waals surface area contributed by atoms with Crippen LogP contribution in [0.1, 0.15) is 32.4 Å². The molecule has 0 aromatic heterocycles. The van der Waals surface area contributed by atoms with Crippen LogP contribution in [-0.4, -0.2) is 24.4 Å². The van der Waals surface area contributed by atoms with Crippen LogP contribution in [0.2, 0.25) is 0 Å². The Morgan fingerprint density at radius 2 is 1.52 bits per heavy atom. The van der Waals surface area contributed by atoms with Crippen molar-refractivity contribution in [2.45, 2.75) is 32.9 Å². The van der Waals surface area contributed by atoms with Gasteiger partial charge in [0.05, 0.1) is 12.7 Å². The maximum Gasteiger partial charge on any atom is 0.119 e. The highest BCUT2D eigenvalue weighted by Crippen LogP contribution is 2.23. The third-order valence-electron chi connectivity index (χ3n) is 3.35. The largest absolute Gasteiger partial charge is 0.491 e. The third-order valence-corrected chi connectivity index (χ3v) is 3.35. The molecule has 23 heavy (non-hydrogen) atoms. The van der Waals surface area contributed by atoms with E-state index >= 15 is 0 Å². The van der Waals surface area contributed by atoms with Gasteiger partial charge >= 0.3 is 0 Å². The Bertz CT molecular complexity index is 579. The summed E-state index contributed by atoms with van der Waals surface area (Å²) in [4.78, 5) is 0. The zero-order chi connectivity index (χ0) is 16.7. The van der Waals surface area contributed by atoms with E-state index in [4.69, 9.17) is 14.6 Å². The molecule has 0 spiro atoms. The first kappa shape index (κ1) is 17.2. The van der Waals surface area contributed by atoms with Crippen LogP contribution in [-0.2, 0) is 0 Å². The first-order valence-corrected chi connectivity index (χ1v) is 7.95. The van der Waals surface area contributed by atoms with Gasteiger partial charge in [-0.3, -0.25) is 0 Å². The predicted octanol–water partition coefficient (Wildman–Crippen LogP) is 4.02. The van der Waals surface area contributed by atoms with Crippen LogP contribution in [0.5, 0.6) is 11.5 Å². The Morgan fingerprint density at radius 3 is 2.09 bits per heavy atom. The summed E-state index contributed by atoms with van der Waals surface area (Å²) < 4.78 is 11.0. The fraction of sp³-hybridized carbons (Fsp3) is 0.368. The fourth-order valence-corrected chi connectivity index (χ4v) is 2.25. The van der Waals surface area contributed by atoms with Gasteiger partial charge in [-0.15, -0.1) is 0 Å². The van der Waals surface area contributed by atoms with Gasteiger partial charge in [0.1, 0.15) is 18.1 Å². The molecule has 0 saturated heterocycles. The number of ether oxygens (including phenoxy) is 2. The van der Waals surface area contributed by atoms with Crippen molar-refractivity contribution in [1.82, 2.24) is 0 Å². The molecule has 0 saturated carbocycles. The van der Waals surface area contributed by atoms with Crippen LogP contribution in [0.15, 0.2) is 48.5 Å². The molecule has 0 fully saturated rings. The van der Waals surface area contributed by atoms with Crippen LogP contribution in [0, 0.1) is 0 Å². The van der Waals surface area contributed by atoms with Crippen molar-refractivity contribution in [3.05, 3.63) is 54.1 Å². The Morgan fingerprint density at radius 1 is 0.913 bits per heavy atom. The molecule has 0 amide bonds. The van der Waals surface area contributed by atoms with E-state index in [0.717, 1.165) is 17.2 Å². The average Bonchev–Trinajstić information content (AvgIpc) is 2.54. The minimum atomic E-state index is 0.0214. The number of nitrogens with one attached hydrogen (secondary N) is 1. The van der Waals surface area contributed by atoms with E-state index in [1.165, 1.54) is 5.56 Å². The Balaban J connectivity index is 1.94. The lowest BCUT2D eigenvalue weighted by atomic mass is 10.1. The van der Waals surface area contributed by atoms with Gasteiger partial charge in [0.15, 0.2) is 0 Å². The second kappa shape index (κ2) is 8.44. The van der Waals surface area contributed by atoms with Gasteiger partial charge in [-0.2, -0.15) is 0 Å². The summed E-state index contributed by atoms with van der Waals surface area (Å²) >= 11 is 0. The van der Waals surface area contributed by atoms with Crippen molar-refractivity contribution in [2.24, 2.45) is 0 Å². The summed E-state index contributed by atoms with van der Waals surface area (Å²) in [5, 5.41) is 12.2. The van der Waals surface area contributed by atoms with Crippen LogP contribution in [0.3, 0.4) is 0 Å². The van der Waals surface area contributed by atoms with Crippen LogP contribution < -0.4 is 14.8 Å². The third kappa shape index (κ3) is 5.49. The molecule has 0 aliphatic rings. The minimum Gasteiger partial charge on any atom is -0.491 e. The molecule has 0 aliphatic heterocycles. The predicted molar refractivity (Wildman–Crippen MR) is 93.3 cm³/mol. The number of aliphatic hydroxyl groups excluding tert-OH is 1. The first-order valence-electron chi connectivity index (χ1n) is 7.95. The van der Waals surface area contributed by atoms with Gasteiger partial charge in [0, 0.05) is 11.7 Å². The highest BCUT2D eigenvalue weighted by atomic mass is 16.5. The summed E-state index contributed by atoms with van der Waals surface area (Å²) in [6.45, 7) is 6.49. The molecule has 1 atom stereocenters. The standard InChI is InChI=1S/C19H25NO3/c1-14(2)23-19-8-4-16(5-9-19)15(3)20-17-6-10-18(11-7-17)22-13-12-21/h4-11,14-15,20-21H,12-13H2,1-3H3. The van der Waals surface area contributed by atoms with Crippen molar-refractivity contribution in [1.29, 1.82) is 0 Å². The lowest BCUT2D eigenvalue weighted by molar-refractivity contribution is 0.201. The summed E-state index contributed by atoms with van der Waals surface area (Å²) in [6, 6.07) is 16.1. The van der Waals surface area contributed by atoms with E-state index in [1.807, 2.05) is 50.2 Å². The number of hydrogen-bond acceptors (Lipinski definition) is 4. The molecular weight excluding hydrogens is 290 g/mol. The molecular formula is C19H25NO3. The van der Waals surface area contributed by atoms with Crippen molar-refractivity contribution < 1.29 is 14.6 Å². The Hall–Kier alpha value is -2.20. The zero-order valence-electron chi connectivity index (χ0n) is 14.0. The van der Waals surface area contributed by atoms with E-state index in [0.29, 0.717) is 6.61 Å². The normalized spacial score (nSPS) is 12.0. The second-order valence-electron chi connectivity index (χ2n) is 5.70. The monoisotopic (exact) mass is 315 g/mol. The topological polar surface area (TPSA) is 50.7 Å². The van der Waals surface area contributed by atoms with Crippen LogP contribution in [0.4, 0.5) is 5.69 Å². The van der Waals surface area contributed by atoms with Gasteiger partial charge < -0.3 is 19.9 Å². The minimum absolute atomic E-state index is 0.0214. The van der Waals surface area contributed by atoms with Crippen LogP contribution >= 0.6 is 0 Å². The summed E-state index contributed by atoms with van der Waals surface area (Å²) in [5.74, 6) is 1.65. The van der Waals surface area contributed by atoms with Gasteiger partial charge in [0.25, 0.3) is 0 Å². The summed E-state index contributed by atoms with van der Waals surface area (Å²) in [6.07, 6.45) is 0.183. The fourth-order valence-electron chi connectivity index (χ4n) is 2.25. The summed E-state index contributed by atoms with van der Waals surface area (Å²) in [7, 11) is 0. The number of anilines is 1. The molecule has 2 rings (SSSR count). The molecule has 0 bridgehead atoms. The van der Waals surface area contributed by atoms with Gasteiger partial charge in [-0.1, -0.05) is 12.1 Å². The maximum atomic E-state index is 8.75. The number of rotatable bonds is 8. The second-order valence-corrected chi connectivity index (χ2v) is 5.70. The van der Waals surface area contributed by atoms with E-state index in [9.17, 15) is 0 Å². The zero-order valence-corrected chi connectivity index (χ0v) is 14.0. The highest BCUT2D eigenvalue weighted by Gasteiger charge is 2.06. The molecule has 2 aromatic carbocycles. The van der Waals surface area contributed by atoms with Gasteiger partial charge in [-0.25, -0.2) is 0 Å². The van der Waals surface area contributed by atoms with Crippen molar-refractivity contribution in [3.8, 4) is 11.5 Å². The quantitative estimate of drug-likeness (QED) is 0.772. The average molecular weight is 315 g/mol. The molecule has 2 N–H and O–H groups in total. The number of aliphatic hydroxyl groups is 1. The molecule has 0 radical (unpaired) electrons. The Labute approximate surface area is 138 Å². The van der Waals surface area contributed by atoms with Crippen molar-refractivity contribution >= 4 is 5.69 Å². The molecule has 4 heteroatoms.